The van der Waals surface area contributed by atoms with Crippen molar-refractivity contribution >= 4 is 0 Å². The molecule has 0 saturated heterocycles. The van der Waals surface area contributed by atoms with Crippen LogP contribution in [0.3, 0.4) is 0 Å². The monoisotopic (exact) mass is 341 g/mol. The van der Waals surface area contributed by atoms with Gasteiger partial charge in [-0.1, -0.05) is 110 Å². The molecule has 0 saturated carbocycles. The zero-order valence-corrected chi connectivity index (χ0v) is 17.2. The van der Waals surface area contributed by atoms with Crippen molar-refractivity contribution in [2.75, 3.05) is 20.6 Å². The Balaban J connectivity index is 3.05. The fourth-order valence-corrected chi connectivity index (χ4v) is 3.44. The van der Waals surface area contributed by atoms with Gasteiger partial charge >= 0.3 is 0 Å². The Morgan fingerprint density at radius 2 is 0.917 bits per heavy atom. The van der Waals surface area contributed by atoms with E-state index in [0.717, 1.165) is 13.0 Å². The lowest BCUT2D eigenvalue weighted by Gasteiger charge is -2.15. The number of hydrogen-bond donors (Lipinski definition) is 1. The van der Waals surface area contributed by atoms with Crippen LogP contribution in [0.5, 0.6) is 0 Å². The Bertz CT molecular complexity index is 230. The van der Waals surface area contributed by atoms with Gasteiger partial charge in [-0.15, -0.1) is 0 Å². The summed E-state index contributed by atoms with van der Waals surface area (Å²) < 4.78 is 0. The molecule has 0 rings (SSSR count). The number of likely N-dealkylation sites (N-methyl/N-ethyl adjacent to an activating group) is 1. The lowest BCUT2D eigenvalue weighted by atomic mass is 10.0. The van der Waals surface area contributed by atoms with Crippen molar-refractivity contribution in [3.8, 4) is 0 Å². The van der Waals surface area contributed by atoms with Crippen LogP contribution in [0, 0.1) is 0 Å². The molecule has 0 aromatic carbocycles. The molecule has 1 atom stereocenters. The van der Waals surface area contributed by atoms with Crippen LogP contribution in [-0.2, 0) is 0 Å². The highest BCUT2D eigenvalue weighted by Gasteiger charge is 2.04. The van der Waals surface area contributed by atoms with Crippen LogP contribution in [0.15, 0.2) is 0 Å². The first-order valence-corrected chi connectivity index (χ1v) is 11.0. The van der Waals surface area contributed by atoms with E-state index in [2.05, 4.69) is 11.8 Å². The summed E-state index contributed by atoms with van der Waals surface area (Å²) in [6.45, 7) is 3.09. The van der Waals surface area contributed by atoms with Gasteiger partial charge in [-0.3, -0.25) is 0 Å². The first-order valence-electron chi connectivity index (χ1n) is 11.0. The van der Waals surface area contributed by atoms with Crippen molar-refractivity contribution in [1.29, 1.82) is 0 Å². The smallest absolute Gasteiger partial charge is 0.0666 e. The molecule has 2 heteroatoms. The molecule has 0 amide bonds. The van der Waals surface area contributed by atoms with E-state index in [-0.39, 0.29) is 6.10 Å². The minimum absolute atomic E-state index is 0.133. The number of rotatable bonds is 19. The van der Waals surface area contributed by atoms with E-state index in [4.69, 9.17) is 0 Å². The number of hydrogen-bond acceptors (Lipinski definition) is 2. The van der Waals surface area contributed by atoms with Crippen molar-refractivity contribution < 1.29 is 5.11 Å². The van der Waals surface area contributed by atoms with E-state index in [0.29, 0.717) is 0 Å². The molecule has 1 N–H and O–H groups in total. The zero-order chi connectivity index (χ0) is 17.9. The van der Waals surface area contributed by atoms with E-state index in [9.17, 15) is 5.11 Å². The van der Waals surface area contributed by atoms with Crippen molar-refractivity contribution in [2.24, 2.45) is 0 Å². The number of unbranched alkanes of at least 4 members (excludes halogenated alkanes) is 15. The molecule has 0 aromatic heterocycles. The summed E-state index contributed by atoms with van der Waals surface area (Å²) >= 11 is 0. The van der Waals surface area contributed by atoms with E-state index < -0.39 is 0 Å². The lowest BCUT2D eigenvalue weighted by Crippen LogP contribution is -2.25. The number of aliphatic hydroxyl groups is 1. The second-order valence-electron chi connectivity index (χ2n) is 8.01. The van der Waals surface area contributed by atoms with Gasteiger partial charge in [-0.05, 0) is 20.5 Å². The molecule has 0 heterocycles. The summed E-state index contributed by atoms with van der Waals surface area (Å²) in [6, 6.07) is 0. The first-order chi connectivity index (χ1) is 11.7. The molecule has 1 unspecified atom stereocenters. The van der Waals surface area contributed by atoms with Crippen LogP contribution in [0.25, 0.3) is 0 Å². The van der Waals surface area contributed by atoms with Crippen molar-refractivity contribution in [2.45, 2.75) is 122 Å². The predicted octanol–water partition coefficient (Wildman–Crippen LogP) is 6.56. The highest BCUT2D eigenvalue weighted by molar-refractivity contribution is 4.59. The van der Waals surface area contributed by atoms with Crippen LogP contribution in [0.4, 0.5) is 0 Å². The molecule has 146 valence electrons. The van der Waals surface area contributed by atoms with Gasteiger partial charge in [0.1, 0.15) is 0 Å². The van der Waals surface area contributed by atoms with Crippen LogP contribution in [0.1, 0.15) is 116 Å². The predicted molar refractivity (Wildman–Crippen MR) is 109 cm³/mol. The Hall–Kier alpha value is -0.0800. The molecular formula is C22H47NO. The van der Waals surface area contributed by atoms with Crippen molar-refractivity contribution in [3.63, 3.8) is 0 Å². The van der Waals surface area contributed by atoms with E-state index in [1.807, 2.05) is 14.1 Å². The third kappa shape index (κ3) is 20.0. The summed E-state index contributed by atoms with van der Waals surface area (Å²) in [6.07, 6.45) is 23.3. The van der Waals surface area contributed by atoms with Crippen molar-refractivity contribution in [1.82, 2.24) is 4.90 Å². The molecule has 0 fully saturated rings. The third-order valence-electron chi connectivity index (χ3n) is 4.97. The summed E-state index contributed by atoms with van der Waals surface area (Å²) in [5, 5.41) is 9.79. The van der Waals surface area contributed by atoms with Gasteiger partial charge in [0.15, 0.2) is 0 Å². The molecule has 2 nitrogen and oxygen atoms in total. The maximum absolute atomic E-state index is 9.79. The van der Waals surface area contributed by atoms with Gasteiger partial charge in [0, 0.05) is 6.54 Å². The van der Waals surface area contributed by atoms with Gasteiger partial charge in [0.05, 0.1) is 6.10 Å². The Labute approximate surface area is 153 Å². The number of nitrogens with zero attached hydrogens (tertiary/aromatic N) is 1. The second kappa shape index (κ2) is 19.2. The topological polar surface area (TPSA) is 23.5 Å². The fourth-order valence-electron chi connectivity index (χ4n) is 3.44. The Morgan fingerprint density at radius 1 is 0.583 bits per heavy atom. The van der Waals surface area contributed by atoms with Crippen LogP contribution in [0.2, 0.25) is 0 Å². The first kappa shape index (κ1) is 23.9. The molecule has 0 aliphatic heterocycles. The van der Waals surface area contributed by atoms with Gasteiger partial charge in [0.25, 0.3) is 0 Å². The maximum Gasteiger partial charge on any atom is 0.0666 e. The van der Waals surface area contributed by atoms with Crippen molar-refractivity contribution in [3.05, 3.63) is 0 Å². The van der Waals surface area contributed by atoms with Gasteiger partial charge in [-0.25, -0.2) is 0 Å². The van der Waals surface area contributed by atoms with Gasteiger partial charge in [-0.2, -0.15) is 0 Å². The normalized spacial score (nSPS) is 12.9. The molecule has 0 aliphatic rings. The molecule has 0 bridgehead atoms. The van der Waals surface area contributed by atoms with Crippen LogP contribution >= 0.6 is 0 Å². The van der Waals surface area contributed by atoms with E-state index in [1.54, 1.807) is 0 Å². The highest BCUT2D eigenvalue weighted by Crippen LogP contribution is 2.14. The fraction of sp³-hybridized carbons (Fsp3) is 1.00. The SMILES string of the molecule is CCCCCCCCCCCCCCCCCCC(O)CN(C)C. The van der Waals surface area contributed by atoms with Gasteiger partial charge in [0.2, 0.25) is 0 Å². The second-order valence-corrected chi connectivity index (χ2v) is 8.01. The largest absolute Gasteiger partial charge is 0.392 e. The molecule has 0 aliphatic carbocycles. The average molecular weight is 342 g/mol. The Morgan fingerprint density at radius 3 is 1.25 bits per heavy atom. The quantitative estimate of drug-likeness (QED) is 0.269. The summed E-state index contributed by atoms with van der Waals surface area (Å²) in [5.41, 5.74) is 0. The van der Waals surface area contributed by atoms with Crippen LogP contribution < -0.4 is 0 Å². The third-order valence-corrected chi connectivity index (χ3v) is 4.97. The Kier molecular flexibility index (Phi) is 19.2. The maximum atomic E-state index is 9.79. The summed E-state index contributed by atoms with van der Waals surface area (Å²) in [7, 11) is 4.05. The zero-order valence-electron chi connectivity index (χ0n) is 17.2. The molecular weight excluding hydrogens is 294 g/mol. The summed E-state index contributed by atoms with van der Waals surface area (Å²) in [4.78, 5) is 2.07. The summed E-state index contributed by atoms with van der Waals surface area (Å²) in [5.74, 6) is 0. The molecule has 0 aromatic rings. The van der Waals surface area contributed by atoms with E-state index in [1.165, 1.54) is 103 Å². The van der Waals surface area contributed by atoms with E-state index >= 15 is 0 Å². The average Bonchev–Trinajstić information content (AvgIpc) is 2.53. The minimum Gasteiger partial charge on any atom is -0.392 e. The highest BCUT2D eigenvalue weighted by atomic mass is 16.3. The standard InChI is InChI=1S/C22H47NO/c1-4-5-6-7-8-9-10-11-12-13-14-15-16-17-18-19-20-22(24)21-23(2)3/h22,24H,4-21H2,1-3H3. The molecule has 0 radical (unpaired) electrons. The number of aliphatic hydroxyl groups excluding tert-OH is 1. The van der Waals surface area contributed by atoms with Gasteiger partial charge < -0.3 is 10.0 Å². The molecule has 0 spiro atoms. The minimum atomic E-state index is -0.133. The molecule has 24 heavy (non-hydrogen) atoms. The van der Waals surface area contributed by atoms with Crippen LogP contribution in [-0.4, -0.2) is 36.8 Å². The lowest BCUT2D eigenvalue weighted by molar-refractivity contribution is 0.125.